The Balaban J connectivity index is 1.96. The number of carbonyl (C=O) groups excluding carboxylic acids is 2. The fraction of sp³-hybridized carbons (Fsp3) is 0.286. The van der Waals surface area contributed by atoms with Crippen molar-refractivity contribution in [2.45, 2.75) is 45.7 Å². The highest BCUT2D eigenvalue weighted by Gasteiger charge is 2.30. The second-order valence-electron chi connectivity index (χ2n) is 8.25. The molecular weight excluding hydrogens is 432 g/mol. The van der Waals surface area contributed by atoms with Gasteiger partial charge in [0.15, 0.2) is 0 Å². The lowest BCUT2D eigenvalue weighted by molar-refractivity contribution is -0.140. The molecular formula is C28H31ClN2O2. The predicted molar refractivity (Wildman–Crippen MR) is 134 cm³/mol. The summed E-state index contributed by atoms with van der Waals surface area (Å²) in [5, 5.41) is 3.60. The molecule has 1 N–H and O–H groups in total. The Hall–Kier alpha value is -3.11. The monoisotopic (exact) mass is 462 g/mol. The minimum atomic E-state index is -0.620. The van der Waals surface area contributed by atoms with E-state index in [1.165, 1.54) is 0 Å². The maximum Gasteiger partial charge on any atom is 0.243 e. The van der Waals surface area contributed by atoms with E-state index >= 15 is 0 Å². The first-order valence-electron chi connectivity index (χ1n) is 11.4. The summed E-state index contributed by atoms with van der Waals surface area (Å²) in [4.78, 5) is 28.7. The van der Waals surface area contributed by atoms with Crippen molar-refractivity contribution in [2.75, 3.05) is 6.54 Å². The van der Waals surface area contributed by atoms with Crippen molar-refractivity contribution < 1.29 is 9.59 Å². The molecule has 0 radical (unpaired) electrons. The summed E-state index contributed by atoms with van der Waals surface area (Å²) in [6.07, 6.45) is 1.46. The molecule has 0 spiro atoms. The molecule has 3 rings (SSSR count). The molecule has 0 unspecified atom stereocenters. The normalized spacial score (nSPS) is 11.6. The molecule has 0 aliphatic rings. The van der Waals surface area contributed by atoms with E-state index in [2.05, 4.69) is 5.32 Å². The van der Waals surface area contributed by atoms with Gasteiger partial charge in [0.25, 0.3) is 0 Å². The number of rotatable bonds is 10. The van der Waals surface area contributed by atoms with E-state index in [-0.39, 0.29) is 18.2 Å². The van der Waals surface area contributed by atoms with Gasteiger partial charge in [-0.2, -0.15) is 0 Å². The van der Waals surface area contributed by atoms with E-state index in [1.807, 2.05) is 80.6 Å². The lowest BCUT2D eigenvalue weighted by Crippen LogP contribution is -2.51. The van der Waals surface area contributed by atoms with Gasteiger partial charge in [0, 0.05) is 24.5 Å². The fourth-order valence-electron chi connectivity index (χ4n) is 3.81. The summed E-state index contributed by atoms with van der Waals surface area (Å²) < 4.78 is 0. The van der Waals surface area contributed by atoms with Gasteiger partial charge < -0.3 is 10.2 Å². The van der Waals surface area contributed by atoms with Crippen LogP contribution in [0.4, 0.5) is 0 Å². The van der Waals surface area contributed by atoms with Crippen molar-refractivity contribution in [3.8, 4) is 0 Å². The third kappa shape index (κ3) is 7.19. The Morgan fingerprint density at radius 3 is 2.33 bits per heavy atom. The van der Waals surface area contributed by atoms with Crippen molar-refractivity contribution in [3.05, 3.63) is 106 Å². The van der Waals surface area contributed by atoms with Crippen LogP contribution in [0.3, 0.4) is 0 Å². The number of carbonyl (C=O) groups is 2. The molecule has 0 saturated heterocycles. The molecule has 0 fully saturated rings. The van der Waals surface area contributed by atoms with Gasteiger partial charge in [-0.25, -0.2) is 0 Å². The van der Waals surface area contributed by atoms with Crippen LogP contribution in [-0.2, 0) is 29.0 Å². The Bertz CT molecular complexity index is 1070. The molecule has 2 amide bonds. The molecule has 172 valence electrons. The van der Waals surface area contributed by atoms with Crippen LogP contribution in [0.15, 0.2) is 78.9 Å². The minimum absolute atomic E-state index is 0.104. The standard InChI is InChI=1S/C28H31ClN2O2/c1-3-16-30-28(33)26(18-22-11-5-4-6-12-22)31(20-24-14-8-7-10-21(24)2)27(32)19-23-13-9-15-25(29)17-23/h4-15,17,26H,3,16,18-20H2,1-2H3,(H,30,33)/t26-/m0/s1. The lowest BCUT2D eigenvalue weighted by Gasteiger charge is -2.32. The third-order valence-corrected chi connectivity index (χ3v) is 5.90. The largest absolute Gasteiger partial charge is 0.354 e. The molecule has 0 aliphatic heterocycles. The van der Waals surface area contributed by atoms with Gasteiger partial charge in [-0.05, 0) is 47.7 Å². The van der Waals surface area contributed by atoms with Gasteiger partial charge in [-0.3, -0.25) is 9.59 Å². The van der Waals surface area contributed by atoms with Crippen LogP contribution in [0.5, 0.6) is 0 Å². The number of hydrogen-bond donors (Lipinski definition) is 1. The lowest BCUT2D eigenvalue weighted by atomic mass is 10.0. The first kappa shape index (κ1) is 24.5. The minimum Gasteiger partial charge on any atom is -0.354 e. The zero-order chi connectivity index (χ0) is 23.6. The summed E-state index contributed by atoms with van der Waals surface area (Å²) in [6, 6.07) is 24.5. The molecule has 3 aromatic carbocycles. The smallest absolute Gasteiger partial charge is 0.243 e. The summed E-state index contributed by atoms with van der Waals surface area (Å²) in [5.74, 6) is -0.234. The molecule has 5 heteroatoms. The van der Waals surface area contributed by atoms with Gasteiger partial charge in [-0.15, -0.1) is 0 Å². The zero-order valence-electron chi connectivity index (χ0n) is 19.3. The molecule has 1 atom stereocenters. The number of halogens is 1. The number of nitrogens with zero attached hydrogens (tertiary/aromatic N) is 1. The molecule has 33 heavy (non-hydrogen) atoms. The zero-order valence-corrected chi connectivity index (χ0v) is 20.0. The Labute approximate surface area is 201 Å². The molecule has 4 nitrogen and oxygen atoms in total. The van der Waals surface area contributed by atoms with Crippen molar-refractivity contribution in [1.29, 1.82) is 0 Å². The molecule has 0 heterocycles. The highest BCUT2D eigenvalue weighted by Crippen LogP contribution is 2.19. The molecule has 0 aromatic heterocycles. The summed E-state index contributed by atoms with van der Waals surface area (Å²) in [6.45, 7) is 4.98. The highest BCUT2D eigenvalue weighted by molar-refractivity contribution is 6.30. The molecule has 0 saturated carbocycles. The van der Waals surface area contributed by atoms with Gasteiger partial charge >= 0.3 is 0 Å². The van der Waals surface area contributed by atoms with Crippen LogP contribution in [0.25, 0.3) is 0 Å². The van der Waals surface area contributed by atoms with Crippen molar-refractivity contribution in [3.63, 3.8) is 0 Å². The van der Waals surface area contributed by atoms with Gasteiger partial charge in [-0.1, -0.05) is 85.3 Å². The average molecular weight is 463 g/mol. The molecule has 3 aromatic rings. The van der Waals surface area contributed by atoms with Crippen LogP contribution < -0.4 is 5.32 Å². The maximum atomic E-state index is 13.7. The van der Waals surface area contributed by atoms with E-state index in [0.717, 1.165) is 28.7 Å². The van der Waals surface area contributed by atoms with Gasteiger partial charge in [0.1, 0.15) is 6.04 Å². The van der Waals surface area contributed by atoms with E-state index in [1.54, 1.807) is 17.0 Å². The Morgan fingerprint density at radius 1 is 0.939 bits per heavy atom. The maximum absolute atomic E-state index is 13.7. The highest BCUT2D eigenvalue weighted by atomic mass is 35.5. The third-order valence-electron chi connectivity index (χ3n) is 5.67. The van der Waals surface area contributed by atoms with Crippen molar-refractivity contribution >= 4 is 23.4 Å². The summed E-state index contributed by atoms with van der Waals surface area (Å²) >= 11 is 6.15. The number of aryl methyl sites for hydroxylation is 1. The van der Waals surface area contributed by atoms with Crippen molar-refractivity contribution in [1.82, 2.24) is 10.2 Å². The van der Waals surface area contributed by atoms with E-state index in [9.17, 15) is 9.59 Å². The Morgan fingerprint density at radius 2 is 1.64 bits per heavy atom. The summed E-state index contributed by atoms with van der Waals surface area (Å²) in [5.41, 5.74) is 3.96. The predicted octanol–water partition coefficient (Wildman–Crippen LogP) is 5.36. The number of benzene rings is 3. The van der Waals surface area contributed by atoms with E-state index in [4.69, 9.17) is 11.6 Å². The van der Waals surface area contributed by atoms with Gasteiger partial charge in [0.2, 0.25) is 11.8 Å². The molecule has 0 bridgehead atoms. The first-order valence-corrected chi connectivity index (χ1v) is 11.8. The van der Waals surface area contributed by atoms with Crippen LogP contribution >= 0.6 is 11.6 Å². The van der Waals surface area contributed by atoms with E-state index < -0.39 is 6.04 Å². The van der Waals surface area contributed by atoms with Crippen LogP contribution in [0, 0.1) is 6.92 Å². The first-order chi connectivity index (χ1) is 16.0. The second-order valence-corrected chi connectivity index (χ2v) is 8.69. The van der Waals surface area contributed by atoms with Crippen LogP contribution in [0.1, 0.15) is 35.6 Å². The quantitative estimate of drug-likeness (QED) is 0.441. The topological polar surface area (TPSA) is 49.4 Å². The van der Waals surface area contributed by atoms with Crippen LogP contribution in [-0.4, -0.2) is 29.3 Å². The average Bonchev–Trinajstić information content (AvgIpc) is 2.81. The fourth-order valence-corrected chi connectivity index (χ4v) is 4.03. The van der Waals surface area contributed by atoms with Gasteiger partial charge in [0.05, 0.1) is 6.42 Å². The summed E-state index contributed by atoms with van der Waals surface area (Å²) in [7, 11) is 0. The SMILES string of the molecule is CCCNC(=O)[C@H](Cc1ccccc1)N(Cc1ccccc1C)C(=O)Cc1cccc(Cl)c1. The Kier molecular flexibility index (Phi) is 9.08. The number of hydrogen-bond acceptors (Lipinski definition) is 2. The second kappa shape index (κ2) is 12.2. The van der Waals surface area contributed by atoms with E-state index in [0.29, 0.717) is 24.5 Å². The van der Waals surface area contributed by atoms with Crippen molar-refractivity contribution in [2.24, 2.45) is 0 Å². The number of amides is 2. The molecule has 0 aliphatic carbocycles. The number of nitrogens with one attached hydrogen (secondary N) is 1. The van der Waals surface area contributed by atoms with Crippen LogP contribution in [0.2, 0.25) is 5.02 Å².